The highest BCUT2D eigenvalue weighted by atomic mass is 19.1. The second-order valence-corrected chi connectivity index (χ2v) is 7.48. The summed E-state index contributed by atoms with van der Waals surface area (Å²) in [5.74, 6) is -0.615. The number of hydrogen-bond donors (Lipinski definition) is 1. The van der Waals surface area contributed by atoms with Crippen LogP contribution in [-0.4, -0.2) is 28.5 Å². The Hall–Kier alpha value is -2.96. The normalized spacial score (nSPS) is 14.8. The van der Waals surface area contributed by atoms with E-state index in [1.807, 2.05) is 24.4 Å². The zero-order chi connectivity index (χ0) is 20.2. The van der Waals surface area contributed by atoms with Crippen LogP contribution in [0.1, 0.15) is 31.2 Å². The summed E-state index contributed by atoms with van der Waals surface area (Å²) >= 11 is 0. The first kappa shape index (κ1) is 19.4. The summed E-state index contributed by atoms with van der Waals surface area (Å²) in [5, 5.41) is 3.69. The van der Waals surface area contributed by atoms with Crippen LogP contribution in [0.15, 0.2) is 42.6 Å². The van der Waals surface area contributed by atoms with Crippen molar-refractivity contribution in [2.75, 3.05) is 18.0 Å². The number of halogens is 2. The Morgan fingerprint density at radius 3 is 2.45 bits per heavy atom. The van der Waals surface area contributed by atoms with Gasteiger partial charge in [-0.3, -0.25) is 4.79 Å². The summed E-state index contributed by atoms with van der Waals surface area (Å²) in [6.45, 7) is 2.17. The molecule has 1 N–H and O–H groups in total. The maximum atomic E-state index is 13.3. The maximum Gasteiger partial charge on any atom is 0.240 e. The Morgan fingerprint density at radius 2 is 1.72 bits per heavy atom. The summed E-state index contributed by atoms with van der Waals surface area (Å²) in [6, 6.07) is 9.24. The minimum Gasteiger partial charge on any atom is -0.357 e. The number of hydrogen-bond acceptors (Lipinski definition) is 3. The van der Waals surface area contributed by atoms with E-state index in [0.717, 1.165) is 36.0 Å². The van der Waals surface area contributed by atoms with E-state index in [1.165, 1.54) is 37.8 Å². The lowest BCUT2D eigenvalue weighted by molar-refractivity contribution is -0.121. The van der Waals surface area contributed by atoms with Gasteiger partial charge in [-0.25, -0.2) is 13.8 Å². The van der Waals surface area contributed by atoms with Crippen molar-refractivity contribution in [3.05, 3.63) is 59.8 Å². The van der Waals surface area contributed by atoms with Gasteiger partial charge in [0.25, 0.3) is 0 Å². The average molecular weight is 398 g/mol. The minimum absolute atomic E-state index is 0.0686. The van der Waals surface area contributed by atoms with Crippen molar-refractivity contribution in [2.45, 2.75) is 38.8 Å². The van der Waals surface area contributed by atoms with Crippen molar-refractivity contribution < 1.29 is 13.6 Å². The van der Waals surface area contributed by atoms with E-state index in [-0.39, 0.29) is 19.0 Å². The fourth-order valence-electron chi connectivity index (χ4n) is 3.78. The van der Waals surface area contributed by atoms with E-state index in [4.69, 9.17) is 4.98 Å². The second-order valence-electron chi connectivity index (χ2n) is 7.48. The Balaban J connectivity index is 1.45. The number of anilines is 1. The van der Waals surface area contributed by atoms with Gasteiger partial charge in [-0.2, -0.15) is 0 Å². The van der Waals surface area contributed by atoms with E-state index in [9.17, 15) is 13.6 Å². The number of amides is 1. The number of fused-ring (bicyclic) bond motifs is 1. The Kier molecular flexibility index (Phi) is 5.74. The molecule has 3 heterocycles. The van der Waals surface area contributed by atoms with E-state index in [1.54, 1.807) is 4.57 Å². The summed E-state index contributed by atoms with van der Waals surface area (Å²) in [5.41, 5.74) is 1.15. The molecular formula is C22H24F2N4O. The first-order chi connectivity index (χ1) is 14.1. The van der Waals surface area contributed by atoms with Gasteiger partial charge in [0.05, 0.1) is 0 Å². The number of pyridine rings is 1. The van der Waals surface area contributed by atoms with Crippen LogP contribution in [0.5, 0.6) is 0 Å². The van der Waals surface area contributed by atoms with E-state index in [2.05, 4.69) is 10.2 Å². The number of rotatable bonds is 5. The van der Waals surface area contributed by atoms with Crippen molar-refractivity contribution in [3.63, 3.8) is 0 Å². The topological polar surface area (TPSA) is 50.2 Å². The quantitative estimate of drug-likeness (QED) is 0.707. The number of nitrogens with zero attached hydrogens (tertiary/aromatic N) is 3. The lowest BCUT2D eigenvalue weighted by Gasteiger charge is -2.21. The van der Waals surface area contributed by atoms with Crippen LogP contribution in [0, 0.1) is 11.6 Å². The van der Waals surface area contributed by atoms with Crippen LogP contribution in [0.25, 0.3) is 11.0 Å². The zero-order valence-corrected chi connectivity index (χ0v) is 16.2. The second kappa shape index (κ2) is 8.59. The number of benzene rings is 1. The lowest BCUT2D eigenvalue weighted by atomic mass is 10.2. The molecule has 1 saturated heterocycles. The molecule has 0 spiro atoms. The van der Waals surface area contributed by atoms with Crippen LogP contribution >= 0.6 is 0 Å². The Bertz CT molecular complexity index is 989. The van der Waals surface area contributed by atoms with Gasteiger partial charge in [-0.05, 0) is 48.7 Å². The number of nitrogens with one attached hydrogen (secondary N) is 1. The monoisotopic (exact) mass is 398 g/mol. The number of carbonyl (C=O) groups is 1. The zero-order valence-electron chi connectivity index (χ0n) is 16.2. The summed E-state index contributed by atoms with van der Waals surface area (Å²) < 4.78 is 28.4. The largest absolute Gasteiger partial charge is 0.357 e. The Labute approximate surface area is 168 Å². The summed E-state index contributed by atoms with van der Waals surface area (Å²) in [7, 11) is 0. The standard InChI is InChI=1S/C22H24F2N4O/c23-18-11-16(12-19(24)13-18)14-25-21(29)15-28-10-7-17-5-6-20(26-22(17)28)27-8-3-1-2-4-9-27/h5-7,10-13H,1-4,8-9,14-15H2,(H,25,29). The molecular weight excluding hydrogens is 374 g/mol. The van der Waals surface area contributed by atoms with Crippen LogP contribution < -0.4 is 10.2 Å². The molecule has 1 amide bonds. The van der Waals surface area contributed by atoms with Gasteiger partial charge in [0.15, 0.2) is 0 Å². The molecule has 1 fully saturated rings. The summed E-state index contributed by atoms with van der Waals surface area (Å²) in [6.07, 6.45) is 6.69. The van der Waals surface area contributed by atoms with Gasteiger partial charge in [0, 0.05) is 37.3 Å². The van der Waals surface area contributed by atoms with Gasteiger partial charge in [0.2, 0.25) is 5.91 Å². The molecule has 0 unspecified atom stereocenters. The number of carbonyl (C=O) groups excluding carboxylic acids is 1. The highest BCUT2D eigenvalue weighted by Crippen LogP contribution is 2.22. The first-order valence-electron chi connectivity index (χ1n) is 10.0. The molecule has 5 nitrogen and oxygen atoms in total. The molecule has 0 atom stereocenters. The molecule has 2 aromatic heterocycles. The molecule has 3 aromatic rings. The van der Waals surface area contributed by atoms with Gasteiger partial charge in [-0.1, -0.05) is 12.8 Å². The van der Waals surface area contributed by atoms with Crippen molar-refractivity contribution >= 4 is 22.8 Å². The first-order valence-corrected chi connectivity index (χ1v) is 10.0. The minimum atomic E-state index is -0.657. The highest BCUT2D eigenvalue weighted by Gasteiger charge is 2.14. The van der Waals surface area contributed by atoms with Crippen LogP contribution in [-0.2, 0) is 17.9 Å². The molecule has 1 aromatic carbocycles. The predicted molar refractivity (Wildman–Crippen MR) is 109 cm³/mol. The smallest absolute Gasteiger partial charge is 0.240 e. The molecule has 1 aliphatic heterocycles. The highest BCUT2D eigenvalue weighted by molar-refractivity contribution is 5.82. The summed E-state index contributed by atoms with van der Waals surface area (Å²) in [4.78, 5) is 19.5. The van der Waals surface area contributed by atoms with Gasteiger partial charge in [0.1, 0.15) is 29.6 Å². The van der Waals surface area contributed by atoms with E-state index < -0.39 is 11.6 Å². The lowest BCUT2D eigenvalue weighted by Crippen LogP contribution is -2.27. The molecule has 1 aliphatic rings. The molecule has 0 aliphatic carbocycles. The van der Waals surface area contributed by atoms with Crippen molar-refractivity contribution in [1.82, 2.24) is 14.9 Å². The van der Waals surface area contributed by atoms with Crippen LogP contribution in [0.3, 0.4) is 0 Å². The SMILES string of the molecule is O=C(Cn1ccc2ccc(N3CCCCCC3)nc21)NCc1cc(F)cc(F)c1. The third-order valence-electron chi connectivity index (χ3n) is 5.25. The average Bonchev–Trinajstić information content (AvgIpc) is 2.90. The van der Waals surface area contributed by atoms with Crippen molar-refractivity contribution in [1.29, 1.82) is 0 Å². The fraction of sp³-hybridized carbons (Fsp3) is 0.364. The molecule has 0 radical (unpaired) electrons. The molecule has 0 saturated carbocycles. The molecule has 29 heavy (non-hydrogen) atoms. The molecule has 7 heteroatoms. The molecule has 0 bridgehead atoms. The molecule has 152 valence electrons. The van der Waals surface area contributed by atoms with Gasteiger partial charge < -0.3 is 14.8 Å². The van der Waals surface area contributed by atoms with Crippen molar-refractivity contribution in [3.8, 4) is 0 Å². The van der Waals surface area contributed by atoms with E-state index >= 15 is 0 Å². The third kappa shape index (κ3) is 4.72. The molecule has 4 rings (SSSR count). The maximum absolute atomic E-state index is 13.3. The van der Waals surface area contributed by atoms with E-state index in [0.29, 0.717) is 5.56 Å². The Morgan fingerprint density at radius 1 is 1.00 bits per heavy atom. The van der Waals surface area contributed by atoms with Crippen molar-refractivity contribution in [2.24, 2.45) is 0 Å². The van der Waals surface area contributed by atoms with Crippen LogP contribution in [0.2, 0.25) is 0 Å². The predicted octanol–water partition coefficient (Wildman–Crippen LogP) is 4.01. The number of aromatic nitrogens is 2. The van der Waals surface area contributed by atoms with Crippen LogP contribution in [0.4, 0.5) is 14.6 Å². The fourth-order valence-corrected chi connectivity index (χ4v) is 3.78. The third-order valence-corrected chi connectivity index (χ3v) is 5.25. The van der Waals surface area contributed by atoms with Gasteiger partial charge >= 0.3 is 0 Å². The van der Waals surface area contributed by atoms with Gasteiger partial charge in [-0.15, -0.1) is 0 Å².